The molecule has 2 aliphatic heterocycles. The highest BCUT2D eigenvalue weighted by Gasteiger charge is 2.31. The molecule has 2 fully saturated rings. The van der Waals surface area contributed by atoms with Crippen molar-refractivity contribution in [1.82, 2.24) is 9.80 Å². The summed E-state index contributed by atoms with van der Waals surface area (Å²) in [5.41, 5.74) is 2.55. The Morgan fingerprint density at radius 1 is 1.00 bits per heavy atom. The van der Waals surface area contributed by atoms with Crippen LogP contribution in [-0.4, -0.2) is 45.7 Å². The van der Waals surface area contributed by atoms with Gasteiger partial charge in [-0.3, -0.25) is 24.2 Å². The second kappa shape index (κ2) is 8.80. The van der Waals surface area contributed by atoms with Crippen molar-refractivity contribution in [1.29, 1.82) is 0 Å². The van der Waals surface area contributed by atoms with Gasteiger partial charge in [0, 0.05) is 5.69 Å². The Morgan fingerprint density at radius 3 is 2.31 bits per heavy atom. The van der Waals surface area contributed by atoms with Gasteiger partial charge in [-0.2, -0.15) is 0 Å². The van der Waals surface area contributed by atoms with Gasteiger partial charge < -0.3 is 5.32 Å². The van der Waals surface area contributed by atoms with Gasteiger partial charge in [0.1, 0.15) is 6.04 Å². The molecule has 2 aliphatic rings. The van der Waals surface area contributed by atoms with Crippen molar-refractivity contribution in [2.45, 2.75) is 25.4 Å². The zero-order chi connectivity index (χ0) is 20.2. The number of anilines is 1. The van der Waals surface area contributed by atoms with Crippen LogP contribution in [0.25, 0.3) is 0 Å². The van der Waals surface area contributed by atoms with Crippen LogP contribution in [0.15, 0.2) is 54.6 Å². The quantitative estimate of drug-likeness (QED) is 0.789. The maximum absolute atomic E-state index is 13.1. The van der Waals surface area contributed by atoms with Gasteiger partial charge in [0.2, 0.25) is 11.8 Å². The standard InChI is InChI=1S/C22H23N3O3S/c26-19-15-29-22(28)25(19)14-16-8-10-18(11-9-16)23-21(27)20(24-12-4-5-13-24)17-6-2-1-3-7-17/h1-3,6-11,20H,4-5,12-15H2,(H,23,27). The molecule has 1 atom stereocenters. The molecule has 2 aromatic carbocycles. The summed E-state index contributed by atoms with van der Waals surface area (Å²) >= 11 is 1.03. The molecule has 7 heteroatoms. The number of hydrogen-bond acceptors (Lipinski definition) is 5. The van der Waals surface area contributed by atoms with Crippen LogP contribution in [0, 0.1) is 0 Å². The van der Waals surface area contributed by atoms with E-state index in [-0.39, 0.29) is 35.4 Å². The van der Waals surface area contributed by atoms with Crippen LogP contribution in [0.3, 0.4) is 0 Å². The lowest BCUT2D eigenvalue weighted by molar-refractivity contribution is -0.125. The second-order valence-corrected chi connectivity index (χ2v) is 8.20. The van der Waals surface area contributed by atoms with E-state index in [1.54, 1.807) is 0 Å². The van der Waals surface area contributed by atoms with Crippen LogP contribution < -0.4 is 5.32 Å². The number of nitrogens with zero attached hydrogens (tertiary/aromatic N) is 2. The third kappa shape index (κ3) is 4.52. The molecule has 0 spiro atoms. The number of carbonyl (C=O) groups excluding carboxylic acids is 3. The first kappa shape index (κ1) is 19.7. The number of rotatable bonds is 6. The van der Waals surface area contributed by atoms with Crippen LogP contribution in [0.2, 0.25) is 0 Å². The van der Waals surface area contributed by atoms with E-state index in [0.29, 0.717) is 5.69 Å². The van der Waals surface area contributed by atoms with Crippen molar-refractivity contribution in [3.8, 4) is 0 Å². The third-order valence-corrected chi connectivity index (χ3v) is 6.13. The van der Waals surface area contributed by atoms with E-state index in [9.17, 15) is 14.4 Å². The van der Waals surface area contributed by atoms with E-state index < -0.39 is 0 Å². The summed E-state index contributed by atoms with van der Waals surface area (Å²) < 4.78 is 0. The van der Waals surface area contributed by atoms with Crippen LogP contribution in [0.5, 0.6) is 0 Å². The fourth-order valence-electron chi connectivity index (χ4n) is 3.78. The van der Waals surface area contributed by atoms with Crippen LogP contribution in [0.1, 0.15) is 30.0 Å². The lowest BCUT2D eigenvalue weighted by atomic mass is 10.0. The summed E-state index contributed by atoms with van der Waals surface area (Å²) in [6.07, 6.45) is 2.22. The Hall–Kier alpha value is -2.64. The Balaban J connectivity index is 1.45. The van der Waals surface area contributed by atoms with Crippen molar-refractivity contribution in [2.75, 3.05) is 24.2 Å². The lowest BCUT2D eigenvalue weighted by Gasteiger charge is -2.27. The summed E-state index contributed by atoms with van der Waals surface area (Å²) in [4.78, 5) is 40.1. The zero-order valence-corrected chi connectivity index (χ0v) is 16.9. The molecule has 0 saturated carbocycles. The minimum atomic E-state index is -0.310. The number of likely N-dealkylation sites (tertiary alicyclic amines) is 1. The summed E-state index contributed by atoms with van der Waals surface area (Å²) in [6.45, 7) is 2.10. The van der Waals surface area contributed by atoms with Gasteiger partial charge in [0.15, 0.2) is 0 Å². The topological polar surface area (TPSA) is 69.7 Å². The summed E-state index contributed by atoms with van der Waals surface area (Å²) in [6, 6.07) is 16.9. The molecule has 2 aromatic rings. The first-order valence-corrected chi connectivity index (χ1v) is 10.8. The molecule has 29 heavy (non-hydrogen) atoms. The van der Waals surface area contributed by atoms with Gasteiger partial charge in [-0.15, -0.1) is 0 Å². The lowest BCUT2D eigenvalue weighted by Crippen LogP contribution is -2.35. The highest BCUT2D eigenvalue weighted by Crippen LogP contribution is 2.27. The molecule has 0 radical (unpaired) electrons. The van der Waals surface area contributed by atoms with Crippen molar-refractivity contribution in [2.24, 2.45) is 0 Å². The minimum absolute atomic E-state index is 0.0489. The zero-order valence-electron chi connectivity index (χ0n) is 16.0. The van der Waals surface area contributed by atoms with Crippen LogP contribution in [-0.2, 0) is 16.1 Å². The molecule has 2 saturated heterocycles. The van der Waals surface area contributed by atoms with Gasteiger partial charge in [0.05, 0.1) is 12.3 Å². The van der Waals surface area contributed by atoms with E-state index in [4.69, 9.17) is 0 Å². The molecular formula is C22H23N3O3S. The van der Waals surface area contributed by atoms with Gasteiger partial charge in [-0.25, -0.2) is 0 Å². The maximum Gasteiger partial charge on any atom is 0.289 e. The number of imide groups is 1. The molecule has 0 aliphatic carbocycles. The normalized spacial score (nSPS) is 18.3. The van der Waals surface area contributed by atoms with E-state index in [1.165, 1.54) is 4.90 Å². The first-order chi connectivity index (χ1) is 14.1. The molecule has 1 N–H and O–H groups in total. The predicted molar refractivity (Wildman–Crippen MR) is 113 cm³/mol. The van der Waals surface area contributed by atoms with E-state index in [2.05, 4.69) is 10.2 Å². The maximum atomic E-state index is 13.1. The van der Waals surface area contributed by atoms with Gasteiger partial charge in [-0.1, -0.05) is 54.2 Å². The van der Waals surface area contributed by atoms with Crippen LogP contribution in [0.4, 0.5) is 10.5 Å². The molecule has 1 unspecified atom stereocenters. The van der Waals surface area contributed by atoms with Crippen LogP contribution >= 0.6 is 11.8 Å². The van der Waals surface area contributed by atoms with Crippen molar-refractivity contribution in [3.63, 3.8) is 0 Å². The van der Waals surface area contributed by atoms with E-state index >= 15 is 0 Å². The van der Waals surface area contributed by atoms with Crippen molar-refractivity contribution >= 4 is 34.5 Å². The predicted octanol–water partition coefficient (Wildman–Crippen LogP) is 3.66. The average molecular weight is 410 g/mol. The Labute approximate surface area is 174 Å². The molecular weight excluding hydrogens is 386 g/mol. The molecule has 0 aromatic heterocycles. The SMILES string of the molecule is O=C(Nc1ccc(CN2C(=O)CSC2=O)cc1)C(c1ccccc1)N1CCCC1. The van der Waals surface area contributed by atoms with Gasteiger partial charge in [-0.05, 0) is 49.2 Å². The fourth-order valence-corrected chi connectivity index (χ4v) is 4.51. The monoisotopic (exact) mass is 409 g/mol. The van der Waals surface area contributed by atoms with Crippen molar-refractivity contribution in [3.05, 3.63) is 65.7 Å². The highest BCUT2D eigenvalue weighted by atomic mass is 32.2. The molecule has 4 rings (SSSR count). The smallest absolute Gasteiger partial charge is 0.289 e. The molecule has 150 valence electrons. The molecule has 6 nitrogen and oxygen atoms in total. The summed E-state index contributed by atoms with van der Waals surface area (Å²) in [5.74, 6) is 0.00510. The number of nitrogens with one attached hydrogen (secondary N) is 1. The fraction of sp³-hybridized carbons (Fsp3) is 0.318. The number of carbonyl (C=O) groups is 3. The molecule has 2 heterocycles. The van der Waals surface area contributed by atoms with Gasteiger partial charge >= 0.3 is 0 Å². The Kier molecular flexibility index (Phi) is 5.97. The summed E-state index contributed by atoms with van der Waals surface area (Å²) in [7, 11) is 0. The Morgan fingerprint density at radius 2 is 1.69 bits per heavy atom. The summed E-state index contributed by atoms with van der Waals surface area (Å²) in [5, 5.41) is 2.82. The van der Waals surface area contributed by atoms with Crippen molar-refractivity contribution < 1.29 is 14.4 Å². The average Bonchev–Trinajstić information content (AvgIpc) is 3.36. The van der Waals surface area contributed by atoms with Gasteiger partial charge in [0.25, 0.3) is 5.24 Å². The minimum Gasteiger partial charge on any atom is -0.324 e. The highest BCUT2D eigenvalue weighted by molar-refractivity contribution is 8.14. The number of hydrogen-bond donors (Lipinski definition) is 1. The number of amides is 3. The molecule has 3 amide bonds. The second-order valence-electron chi connectivity index (χ2n) is 7.28. The number of benzene rings is 2. The van der Waals surface area contributed by atoms with E-state index in [1.807, 2.05) is 54.6 Å². The first-order valence-electron chi connectivity index (χ1n) is 9.78. The largest absolute Gasteiger partial charge is 0.324 e. The van der Waals surface area contributed by atoms with E-state index in [0.717, 1.165) is 48.8 Å². The Bertz CT molecular complexity index is 879. The third-order valence-electron chi connectivity index (χ3n) is 5.27. The molecule has 0 bridgehead atoms. The number of thioether (sulfide) groups is 1.